The average Bonchev–Trinajstić information content (AvgIpc) is 2.44. The number of hydrogen-bond donors (Lipinski definition) is 1. The van der Waals surface area contributed by atoms with Crippen LogP contribution < -0.4 is 4.74 Å². The highest BCUT2D eigenvalue weighted by molar-refractivity contribution is 5.94. The van der Waals surface area contributed by atoms with Crippen molar-refractivity contribution in [2.75, 3.05) is 20.7 Å². The molecule has 1 amide bonds. The zero-order valence-corrected chi connectivity index (χ0v) is 12.4. The monoisotopic (exact) mass is 293 g/mol. The summed E-state index contributed by atoms with van der Waals surface area (Å²) in [5.41, 5.74) is 1.11. The van der Waals surface area contributed by atoms with Gasteiger partial charge in [-0.1, -0.05) is 0 Å². The molecule has 1 N–H and O–H groups in total. The molecule has 0 saturated carbocycles. The molecule has 21 heavy (non-hydrogen) atoms. The number of methoxy groups -OCH3 is 1. The highest BCUT2D eigenvalue weighted by Crippen LogP contribution is 2.21. The van der Waals surface area contributed by atoms with Crippen molar-refractivity contribution < 1.29 is 24.2 Å². The van der Waals surface area contributed by atoms with Gasteiger partial charge in [-0.2, -0.15) is 0 Å². The Labute approximate surface area is 123 Å². The standard InChI is InChI=1S/C15H19NO5/c1-10(17)11-4-5-13(21-3)12(8-11)9-14(18)16(2)7-6-15(19)20/h4-5,8H,6-7,9H2,1-3H3,(H,19,20). The Bertz CT molecular complexity index is 553. The van der Waals surface area contributed by atoms with Gasteiger partial charge in [0.05, 0.1) is 20.0 Å². The van der Waals surface area contributed by atoms with Gasteiger partial charge in [0.15, 0.2) is 5.78 Å². The van der Waals surface area contributed by atoms with Gasteiger partial charge in [0.2, 0.25) is 5.91 Å². The first kappa shape index (κ1) is 16.7. The van der Waals surface area contributed by atoms with Crippen LogP contribution in [0, 0.1) is 0 Å². The van der Waals surface area contributed by atoms with Gasteiger partial charge >= 0.3 is 5.97 Å². The Balaban J connectivity index is 2.85. The topological polar surface area (TPSA) is 83.9 Å². The summed E-state index contributed by atoms with van der Waals surface area (Å²) in [6, 6.07) is 4.92. The normalized spacial score (nSPS) is 10.0. The maximum atomic E-state index is 12.1. The van der Waals surface area contributed by atoms with E-state index in [4.69, 9.17) is 9.84 Å². The maximum Gasteiger partial charge on any atom is 0.305 e. The first-order valence-electron chi connectivity index (χ1n) is 6.48. The minimum absolute atomic E-state index is 0.0560. The lowest BCUT2D eigenvalue weighted by Crippen LogP contribution is -2.30. The number of Topliss-reactive ketones (excluding diaryl/α,β-unsaturated/α-hetero) is 1. The van der Waals surface area contributed by atoms with E-state index in [0.717, 1.165) is 0 Å². The molecule has 0 heterocycles. The Kier molecular flexibility index (Phi) is 5.90. The minimum Gasteiger partial charge on any atom is -0.496 e. The highest BCUT2D eigenvalue weighted by atomic mass is 16.5. The summed E-state index contributed by atoms with van der Waals surface area (Å²) in [5.74, 6) is -0.744. The van der Waals surface area contributed by atoms with E-state index in [-0.39, 0.29) is 31.1 Å². The molecule has 0 bridgehead atoms. The van der Waals surface area contributed by atoms with E-state index >= 15 is 0 Å². The van der Waals surface area contributed by atoms with Gasteiger partial charge in [-0.05, 0) is 25.1 Å². The Morgan fingerprint density at radius 3 is 2.48 bits per heavy atom. The van der Waals surface area contributed by atoms with Crippen LogP contribution >= 0.6 is 0 Å². The molecule has 0 unspecified atom stereocenters. The van der Waals surface area contributed by atoms with Crippen molar-refractivity contribution in [2.24, 2.45) is 0 Å². The fraction of sp³-hybridized carbons (Fsp3) is 0.400. The summed E-state index contributed by atoms with van der Waals surface area (Å²) in [6.45, 7) is 1.59. The first-order valence-corrected chi connectivity index (χ1v) is 6.48. The number of rotatable bonds is 7. The second-order valence-corrected chi connectivity index (χ2v) is 4.72. The molecule has 0 fully saturated rings. The van der Waals surface area contributed by atoms with Gasteiger partial charge in [-0.15, -0.1) is 0 Å². The second-order valence-electron chi connectivity index (χ2n) is 4.72. The fourth-order valence-electron chi connectivity index (χ4n) is 1.82. The summed E-state index contributed by atoms with van der Waals surface area (Å²) >= 11 is 0. The molecule has 1 aromatic carbocycles. The van der Waals surface area contributed by atoms with E-state index in [0.29, 0.717) is 16.9 Å². The molecule has 0 aliphatic rings. The van der Waals surface area contributed by atoms with E-state index in [2.05, 4.69) is 0 Å². The molecule has 0 aliphatic heterocycles. The number of carbonyl (C=O) groups excluding carboxylic acids is 2. The Hall–Kier alpha value is -2.37. The lowest BCUT2D eigenvalue weighted by Gasteiger charge is -2.17. The number of amides is 1. The van der Waals surface area contributed by atoms with Crippen molar-refractivity contribution in [1.29, 1.82) is 0 Å². The molecule has 0 aromatic heterocycles. The number of ketones is 1. The molecule has 114 valence electrons. The first-order chi connectivity index (χ1) is 9.85. The average molecular weight is 293 g/mol. The molecule has 0 aliphatic carbocycles. The summed E-state index contributed by atoms with van der Waals surface area (Å²) in [5, 5.41) is 8.62. The number of hydrogen-bond acceptors (Lipinski definition) is 4. The van der Waals surface area contributed by atoms with Gasteiger partial charge in [0, 0.05) is 24.7 Å². The van der Waals surface area contributed by atoms with Gasteiger partial charge in [0.1, 0.15) is 5.75 Å². The largest absolute Gasteiger partial charge is 0.496 e. The number of ether oxygens (including phenoxy) is 1. The molecule has 6 nitrogen and oxygen atoms in total. The molecule has 0 spiro atoms. The smallest absolute Gasteiger partial charge is 0.305 e. The zero-order valence-electron chi connectivity index (χ0n) is 12.4. The van der Waals surface area contributed by atoms with Crippen LogP contribution in [0.25, 0.3) is 0 Å². The van der Waals surface area contributed by atoms with Crippen molar-refractivity contribution in [1.82, 2.24) is 4.90 Å². The van der Waals surface area contributed by atoms with E-state index in [9.17, 15) is 14.4 Å². The molecule has 0 saturated heterocycles. The van der Waals surface area contributed by atoms with Crippen molar-refractivity contribution >= 4 is 17.7 Å². The summed E-state index contributed by atoms with van der Waals surface area (Å²) < 4.78 is 5.18. The van der Waals surface area contributed by atoms with Crippen LogP contribution in [-0.4, -0.2) is 48.4 Å². The number of carboxylic acid groups (broad SMARTS) is 1. The van der Waals surface area contributed by atoms with Crippen LogP contribution in [0.15, 0.2) is 18.2 Å². The van der Waals surface area contributed by atoms with Crippen LogP contribution in [0.4, 0.5) is 0 Å². The number of nitrogens with zero attached hydrogens (tertiary/aromatic N) is 1. The van der Waals surface area contributed by atoms with Crippen LogP contribution in [0.1, 0.15) is 29.3 Å². The third-order valence-corrected chi connectivity index (χ3v) is 3.12. The Morgan fingerprint density at radius 2 is 1.95 bits per heavy atom. The molecule has 0 radical (unpaired) electrons. The number of aliphatic carboxylic acids is 1. The maximum absolute atomic E-state index is 12.1. The molecule has 0 atom stereocenters. The second kappa shape index (κ2) is 7.42. The molecular weight excluding hydrogens is 274 g/mol. The molecule has 6 heteroatoms. The lowest BCUT2D eigenvalue weighted by atomic mass is 10.0. The van der Waals surface area contributed by atoms with Gasteiger partial charge < -0.3 is 14.7 Å². The van der Waals surface area contributed by atoms with E-state index in [1.54, 1.807) is 25.2 Å². The van der Waals surface area contributed by atoms with E-state index in [1.165, 1.54) is 18.9 Å². The SMILES string of the molecule is COc1ccc(C(C)=O)cc1CC(=O)N(C)CCC(=O)O. The number of likely N-dealkylation sites (N-methyl/N-ethyl adjacent to an activating group) is 1. The third kappa shape index (κ3) is 4.91. The summed E-state index contributed by atoms with van der Waals surface area (Å²) in [7, 11) is 3.04. The number of carbonyl (C=O) groups is 3. The lowest BCUT2D eigenvalue weighted by molar-refractivity contribution is -0.138. The van der Waals surface area contributed by atoms with Crippen LogP contribution in [0.5, 0.6) is 5.75 Å². The van der Waals surface area contributed by atoms with Crippen molar-refractivity contribution in [2.45, 2.75) is 19.8 Å². The summed E-state index contributed by atoms with van der Waals surface area (Å²) in [6.07, 6.45) is -0.0483. The predicted octanol–water partition coefficient (Wildman–Crippen LogP) is 1.37. The number of carboxylic acids is 1. The Morgan fingerprint density at radius 1 is 1.29 bits per heavy atom. The van der Waals surface area contributed by atoms with Gasteiger partial charge in [-0.25, -0.2) is 0 Å². The fourth-order valence-corrected chi connectivity index (χ4v) is 1.82. The van der Waals surface area contributed by atoms with Crippen molar-refractivity contribution in [3.63, 3.8) is 0 Å². The zero-order chi connectivity index (χ0) is 16.0. The predicted molar refractivity (Wildman–Crippen MR) is 76.6 cm³/mol. The van der Waals surface area contributed by atoms with Crippen molar-refractivity contribution in [3.8, 4) is 5.75 Å². The third-order valence-electron chi connectivity index (χ3n) is 3.12. The van der Waals surface area contributed by atoms with Crippen LogP contribution in [-0.2, 0) is 16.0 Å². The summed E-state index contributed by atoms with van der Waals surface area (Å²) in [4.78, 5) is 35.3. The van der Waals surface area contributed by atoms with Crippen LogP contribution in [0.3, 0.4) is 0 Å². The van der Waals surface area contributed by atoms with Gasteiger partial charge in [0.25, 0.3) is 0 Å². The number of benzene rings is 1. The highest BCUT2D eigenvalue weighted by Gasteiger charge is 2.15. The quantitative estimate of drug-likeness (QED) is 0.768. The minimum atomic E-state index is -0.953. The van der Waals surface area contributed by atoms with Gasteiger partial charge in [-0.3, -0.25) is 14.4 Å². The van der Waals surface area contributed by atoms with E-state index in [1.807, 2.05) is 0 Å². The molecule has 1 aromatic rings. The van der Waals surface area contributed by atoms with Crippen molar-refractivity contribution in [3.05, 3.63) is 29.3 Å². The van der Waals surface area contributed by atoms with Crippen LogP contribution in [0.2, 0.25) is 0 Å². The molecular formula is C15H19NO5. The molecule has 1 rings (SSSR count). The van der Waals surface area contributed by atoms with E-state index < -0.39 is 5.97 Å².